The van der Waals surface area contributed by atoms with Crippen LogP contribution in [0.15, 0.2) is 57.7 Å². The molecule has 0 bridgehead atoms. The maximum absolute atomic E-state index is 12.5. The van der Waals surface area contributed by atoms with Crippen molar-refractivity contribution >= 4 is 22.6 Å². The number of nitrogens with zero attached hydrogens (tertiary/aromatic N) is 1. The van der Waals surface area contributed by atoms with E-state index in [2.05, 4.69) is 12.2 Å². The normalized spacial score (nSPS) is 10.6. The molecule has 3 rings (SSSR count). The number of hydrogen-bond acceptors (Lipinski definition) is 5. The van der Waals surface area contributed by atoms with Gasteiger partial charge in [-0.1, -0.05) is 39.0 Å². The maximum Gasteiger partial charge on any atom is 0.255 e. The molecule has 0 aliphatic heterocycles. The molecule has 0 aliphatic carbocycles. The summed E-state index contributed by atoms with van der Waals surface area (Å²) in [4.78, 5) is 24.7. The zero-order valence-electron chi connectivity index (χ0n) is 17.6. The third-order valence-electron chi connectivity index (χ3n) is 4.98. The van der Waals surface area contributed by atoms with Crippen LogP contribution in [0.25, 0.3) is 11.0 Å². The van der Waals surface area contributed by atoms with Crippen LogP contribution in [0.5, 0.6) is 5.75 Å². The van der Waals surface area contributed by atoms with E-state index in [-0.39, 0.29) is 17.1 Å². The minimum atomic E-state index is -0.333. The number of ether oxygens (including phenoxy) is 1. The molecule has 0 aliphatic rings. The number of unbranched alkanes of at least 4 members (excludes halogenated alkanes) is 5. The van der Waals surface area contributed by atoms with Crippen LogP contribution in [-0.4, -0.2) is 12.5 Å². The largest absolute Gasteiger partial charge is 0.494 e. The zero-order chi connectivity index (χ0) is 22.1. The van der Waals surface area contributed by atoms with Crippen LogP contribution in [0, 0.1) is 11.3 Å². The Morgan fingerprint density at radius 2 is 1.77 bits per heavy atom. The van der Waals surface area contributed by atoms with Gasteiger partial charge in [0.1, 0.15) is 17.4 Å². The summed E-state index contributed by atoms with van der Waals surface area (Å²) in [6.07, 6.45) is 7.26. The highest BCUT2D eigenvalue weighted by atomic mass is 16.5. The molecule has 0 atom stereocenters. The van der Waals surface area contributed by atoms with Crippen molar-refractivity contribution in [2.45, 2.75) is 45.4 Å². The lowest BCUT2D eigenvalue weighted by molar-refractivity contribution is 0.102. The first-order valence-electron chi connectivity index (χ1n) is 10.6. The van der Waals surface area contributed by atoms with Gasteiger partial charge in [0, 0.05) is 17.3 Å². The van der Waals surface area contributed by atoms with E-state index >= 15 is 0 Å². The summed E-state index contributed by atoms with van der Waals surface area (Å²) in [5.74, 6) is 0.398. The number of anilines is 1. The number of carbonyl (C=O) groups excluding carboxylic acids is 1. The van der Waals surface area contributed by atoms with Gasteiger partial charge in [-0.25, -0.2) is 0 Å². The van der Waals surface area contributed by atoms with Crippen LogP contribution >= 0.6 is 0 Å². The van der Waals surface area contributed by atoms with Gasteiger partial charge in [-0.3, -0.25) is 9.59 Å². The lowest BCUT2D eigenvalue weighted by Gasteiger charge is -2.09. The predicted molar refractivity (Wildman–Crippen MR) is 120 cm³/mol. The van der Waals surface area contributed by atoms with E-state index in [1.165, 1.54) is 38.2 Å². The molecule has 0 saturated carbocycles. The minimum Gasteiger partial charge on any atom is -0.494 e. The second-order valence-corrected chi connectivity index (χ2v) is 7.39. The van der Waals surface area contributed by atoms with E-state index in [4.69, 9.17) is 14.4 Å². The van der Waals surface area contributed by atoms with Crippen molar-refractivity contribution in [3.63, 3.8) is 0 Å². The summed E-state index contributed by atoms with van der Waals surface area (Å²) in [6, 6.07) is 14.7. The van der Waals surface area contributed by atoms with Crippen molar-refractivity contribution in [3.05, 3.63) is 70.1 Å². The molecular weight excluding hydrogens is 392 g/mol. The molecule has 0 saturated heterocycles. The van der Waals surface area contributed by atoms with Gasteiger partial charge < -0.3 is 14.5 Å². The van der Waals surface area contributed by atoms with Gasteiger partial charge in [-0.15, -0.1) is 0 Å². The lowest BCUT2D eigenvalue weighted by atomic mass is 10.1. The highest BCUT2D eigenvalue weighted by Crippen LogP contribution is 2.19. The Morgan fingerprint density at radius 1 is 1.03 bits per heavy atom. The van der Waals surface area contributed by atoms with Gasteiger partial charge in [0.05, 0.1) is 12.0 Å². The summed E-state index contributed by atoms with van der Waals surface area (Å²) in [5, 5.41) is 12.0. The van der Waals surface area contributed by atoms with Crippen LogP contribution in [0.3, 0.4) is 0 Å². The van der Waals surface area contributed by atoms with Crippen LogP contribution < -0.4 is 15.5 Å². The molecule has 0 fully saturated rings. The minimum absolute atomic E-state index is 0.0481. The molecule has 2 aromatic carbocycles. The number of benzene rings is 2. The van der Waals surface area contributed by atoms with E-state index < -0.39 is 0 Å². The summed E-state index contributed by atoms with van der Waals surface area (Å²) in [6.45, 7) is 2.88. The molecule has 0 spiro atoms. The SMILES string of the molecule is CCCCCCCCOc1ccc(C(=O)Nc2ccc3oc(C#N)cc(=O)c3c2)cc1. The first-order chi connectivity index (χ1) is 15.1. The molecule has 6 heteroatoms. The van der Waals surface area contributed by atoms with Crippen molar-refractivity contribution in [2.24, 2.45) is 0 Å². The molecule has 1 aromatic heterocycles. The first-order valence-corrected chi connectivity index (χ1v) is 10.6. The monoisotopic (exact) mass is 418 g/mol. The fraction of sp³-hybridized carbons (Fsp3) is 0.320. The van der Waals surface area contributed by atoms with Crippen molar-refractivity contribution in [2.75, 3.05) is 11.9 Å². The molecular formula is C25H26N2O4. The average Bonchev–Trinajstić information content (AvgIpc) is 2.79. The Hall–Kier alpha value is -3.59. The number of fused-ring (bicyclic) bond motifs is 1. The number of nitriles is 1. The molecule has 0 radical (unpaired) electrons. The van der Waals surface area contributed by atoms with Crippen LogP contribution in [-0.2, 0) is 0 Å². The van der Waals surface area contributed by atoms with Gasteiger partial charge >= 0.3 is 0 Å². The molecule has 31 heavy (non-hydrogen) atoms. The standard InChI is InChI=1S/C25H26N2O4/c1-2-3-4-5-6-7-14-30-20-11-8-18(9-12-20)25(29)27-19-10-13-24-22(15-19)23(28)16-21(17-26)31-24/h8-13,15-16H,2-7,14H2,1H3,(H,27,29). The summed E-state index contributed by atoms with van der Waals surface area (Å²) in [5.41, 5.74) is 0.923. The quantitative estimate of drug-likeness (QED) is 0.429. The molecule has 160 valence electrons. The second kappa shape index (κ2) is 11.0. The zero-order valence-corrected chi connectivity index (χ0v) is 17.6. The third-order valence-corrected chi connectivity index (χ3v) is 4.98. The molecule has 3 aromatic rings. The Kier molecular flexibility index (Phi) is 7.83. The van der Waals surface area contributed by atoms with Gasteiger partial charge in [0.25, 0.3) is 5.91 Å². The third kappa shape index (κ3) is 6.19. The molecule has 0 unspecified atom stereocenters. The summed E-state index contributed by atoms with van der Waals surface area (Å²) < 4.78 is 11.1. The predicted octanol–water partition coefficient (Wildman–Crippen LogP) is 5.66. The number of rotatable bonds is 10. The van der Waals surface area contributed by atoms with E-state index in [1.54, 1.807) is 36.4 Å². The fourth-order valence-electron chi connectivity index (χ4n) is 3.27. The Balaban J connectivity index is 1.55. The van der Waals surface area contributed by atoms with Crippen LogP contribution in [0.1, 0.15) is 61.6 Å². The molecule has 1 heterocycles. The van der Waals surface area contributed by atoms with Crippen LogP contribution in [0.4, 0.5) is 5.69 Å². The topological polar surface area (TPSA) is 92.3 Å². The number of amides is 1. The van der Waals surface area contributed by atoms with Crippen molar-refractivity contribution in [1.82, 2.24) is 0 Å². The van der Waals surface area contributed by atoms with Gasteiger partial charge in [-0.05, 0) is 48.9 Å². The highest BCUT2D eigenvalue weighted by Gasteiger charge is 2.10. The second-order valence-electron chi connectivity index (χ2n) is 7.39. The Morgan fingerprint density at radius 3 is 2.52 bits per heavy atom. The molecule has 6 nitrogen and oxygen atoms in total. The first kappa shape index (κ1) is 22.1. The van der Waals surface area contributed by atoms with Gasteiger partial charge in [0.15, 0.2) is 5.43 Å². The van der Waals surface area contributed by atoms with E-state index in [1.807, 2.05) is 6.07 Å². The lowest BCUT2D eigenvalue weighted by Crippen LogP contribution is -2.12. The van der Waals surface area contributed by atoms with Crippen LogP contribution in [0.2, 0.25) is 0 Å². The average molecular weight is 418 g/mol. The van der Waals surface area contributed by atoms with E-state index in [0.29, 0.717) is 28.8 Å². The number of carbonyl (C=O) groups is 1. The number of nitrogens with one attached hydrogen (secondary N) is 1. The van der Waals surface area contributed by atoms with Crippen molar-refractivity contribution in [3.8, 4) is 11.8 Å². The highest BCUT2D eigenvalue weighted by molar-refractivity contribution is 6.05. The van der Waals surface area contributed by atoms with Gasteiger partial charge in [0.2, 0.25) is 5.76 Å². The number of hydrogen-bond donors (Lipinski definition) is 1. The molecule has 1 amide bonds. The maximum atomic E-state index is 12.5. The fourth-order valence-corrected chi connectivity index (χ4v) is 3.27. The van der Waals surface area contributed by atoms with Crippen molar-refractivity contribution in [1.29, 1.82) is 5.26 Å². The summed E-state index contributed by atoms with van der Waals surface area (Å²) in [7, 11) is 0. The van der Waals surface area contributed by atoms with E-state index in [9.17, 15) is 9.59 Å². The Labute approximate surface area is 181 Å². The Bertz CT molecular complexity index is 1130. The molecule has 1 N–H and O–H groups in total. The van der Waals surface area contributed by atoms with Crippen molar-refractivity contribution < 1.29 is 13.9 Å². The smallest absolute Gasteiger partial charge is 0.255 e. The van der Waals surface area contributed by atoms with Gasteiger partial charge in [-0.2, -0.15) is 5.26 Å². The van der Waals surface area contributed by atoms with E-state index in [0.717, 1.165) is 18.2 Å². The summed E-state index contributed by atoms with van der Waals surface area (Å²) >= 11 is 0.